The molecule has 6 heteroatoms. The Labute approximate surface area is 133 Å². The molecule has 0 aliphatic carbocycles. The van der Waals surface area contributed by atoms with Crippen molar-refractivity contribution >= 4 is 22.9 Å². The Kier molecular flexibility index (Phi) is 4.33. The summed E-state index contributed by atoms with van der Waals surface area (Å²) in [6, 6.07) is 4.24. The van der Waals surface area contributed by atoms with Crippen LogP contribution in [0.5, 0.6) is 11.5 Å². The van der Waals surface area contributed by atoms with Crippen LogP contribution < -0.4 is 14.8 Å². The summed E-state index contributed by atoms with van der Waals surface area (Å²) in [7, 11) is 0. The Morgan fingerprint density at radius 1 is 1.29 bits per heavy atom. The van der Waals surface area contributed by atoms with E-state index < -0.39 is 0 Å². The summed E-state index contributed by atoms with van der Waals surface area (Å²) in [4.78, 5) is 4.43. The van der Waals surface area contributed by atoms with Gasteiger partial charge in [0.05, 0.1) is 11.1 Å². The van der Waals surface area contributed by atoms with Crippen LogP contribution in [0.1, 0.15) is 30.5 Å². The highest BCUT2D eigenvalue weighted by Crippen LogP contribution is 2.40. The zero-order valence-electron chi connectivity index (χ0n) is 11.9. The van der Waals surface area contributed by atoms with Crippen molar-refractivity contribution in [1.82, 2.24) is 10.3 Å². The number of benzene rings is 1. The van der Waals surface area contributed by atoms with Crippen molar-refractivity contribution in [2.75, 3.05) is 13.2 Å². The zero-order chi connectivity index (χ0) is 14.8. The molecule has 1 atom stereocenters. The molecule has 1 aliphatic heterocycles. The number of nitrogens with one attached hydrogen (secondary N) is 1. The van der Waals surface area contributed by atoms with Gasteiger partial charge in [-0.15, -0.1) is 11.3 Å². The van der Waals surface area contributed by atoms with Crippen molar-refractivity contribution in [2.45, 2.75) is 25.9 Å². The largest absolute Gasteiger partial charge is 0.486 e. The maximum absolute atomic E-state index is 6.34. The van der Waals surface area contributed by atoms with E-state index in [4.69, 9.17) is 21.1 Å². The van der Waals surface area contributed by atoms with Gasteiger partial charge in [-0.05, 0) is 31.5 Å². The molecule has 0 saturated carbocycles. The van der Waals surface area contributed by atoms with Crippen LogP contribution in [-0.2, 0) is 0 Å². The first kappa shape index (κ1) is 14.6. The molecule has 2 aromatic rings. The zero-order valence-corrected chi connectivity index (χ0v) is 13.5. The molecule has 0 saturated heterocycles. The van der Waals surface area contributed by atoms with Crippen molar-refractivity contribution in [3.05, 3.63) is 39.3 Å². The van der Waals surface area contributed by atoms with Gasteiger partial charge in [-0.3, -0.25) is 0 Å². The number of hydrogen-bond donors (Lipinski definition) is 1. The Balaban J connectivity index is 2.01. The molecule has 3 rings (SSSR count). The smallest absolute Gasteiger partial charge is 0.179 e. The van der Waals surface area contributed by atoms with E-state index >= 15 is 0 Å². The van der Waals surface area contributed by atoms with Gasteiger partial charge in [-0.2, -0.15) is 0 Å². The number of ether oxygens (including phenoxy) is 2. The van der Waals surface area contributed by atoms with Gasteiger partial charge in [0.15, 0.2) is 11.5 Å². The molecule has 2 heterocycles. The van der Waals surface area contributed by atoms with E-state index in [9.17, 15) is 0 Å². The molecule has 112 valence electrons. The van der Waals surface area contributed by atoms with Gasteiger partial charge < -0.3 is 14.8 Å². The molecule has 1 aliphatic rings. The van der Waals surface area contributed by atoms with Gasteiger partial charge in [0.25, 0.3) is 0 Å². The minimum atomic E-state index is -0.00155. The van der Waals surface area contributed by atoms with Gasteiger partial charge in [0, 0.05) is 17.6 Å². The van der Waals surface area contributed by atoms with Crippen molar-refractivity contribution in [2.24, 2.45) is 0 Å². The number of thiazole rings is 1. The average molecular weight is 325 g/mol. The Bertz CT molecular complexity index is 616. The lowest BCUT2D eigenvalue weighted by molar-refractivity contribution is 0.171. The van der Waals surface area contributed by atoms with Crippen molar-refractivity contribution in [1.29, 1.82) is 0 Å². The number of fused-ring (bicyclic) bond motifs is 1. The van der Waals surface area contributed by atoms with Crippen molar-refractivity contribution in [3.8, 4) is 11.5 Å². The third kappa shape index (κ3) is 3.15. The lowest BCUT2D eigenvalue weighted by atomic mass is 10.1. The highest BCUT2D eigenvalue weighted by atomic mass is 35.5. The Morgan fingerprint density at radius 2 is 2.10 bits per heavy atom. The maximum atomic E-state index is 6.34. The van der Waals surface area contributed by atoms with E-state index in [1.54, 1.807) is 11.3 Å². The summed E-state index contributed by atoms with van der Waals surface area (Å²) in [5.74, 6) is 1.34. The van der Waals surface area contributed by atoms with Gasteiger partial charge >= 0.3 is 0 Å². The third-order valence-corrected chi connectivity index (χ3v) is 4.27. The minimum Gasteiger partial charge on any atom is -0.486 e. The molecular weight excluding hydrogens is 308 g/mol. The SMILES string of the molecule is CC(C)NC(c1cc(Cl)c2c(c1)OCCO2)c1nccs1. The molecule has 0 amide bonds. The number of nitrogens with zero attached hydrogens (tertiary/aromatic N) is 1. The summed E-state index contributed by atoms with van der Waals surface area (Å²) < 4.78 is 11.2. The topological polar surface area (TPSA) is 43.4 Å². The fourth-order valence-electron chi connectivity index (χ4n) is 2.32. The maximum Gasteiger partial charge on any atom is 0.179 e. The van der Waals surface area contributed by atoms with Crippen LogP contribution in [-0.4, -0.2) is 24.2 Å². The lowest BCUT2D eigenvalue weighted by Gasteiger charge is -2.24. The van der Waals surface area contributed by atoms with E-state index in [1.165, 1.54) is 0 Å². The second-order valence-electron chi connectivity index (χ2n) is 5.15. The van der Waals surface area contributed by atoms with Crippen molar-refractivity contribution < 1.29 is 9.47 Å². The number of rotatable bonds is 4. The van der Waals surface area contributed by atoms with E-state index in [2.05, 4.69) is 24.1 Å². The predicted octanol–water partition coefficient (Wildman–Crippen LogP) is 3.66. The molecule has 1 aromatic heterocycles. The average Bonchev–Trinajstić information content (AvgIpc) is 2.98. The quantitative estimate of drug-likeness (QED) is 0.932. The number of aromatic nitrogens is 1. The molecule has 4 nitrogen and oxygen atoms in total. The van der Waals surface area contributed by atoms with Crippen LogP contribution in [0.15, 0.2) is 23.7 Å². The highest BCUT2D eigenvalue weighted by Gasteiger charge is 2.23. The van der Waals surface area contributed by atoms with E-state index in [0.717, 1.165) is 10.6 Å². The normalized spacial score (nSPS) is 15.2. The minimum absolute atomic E-state index is 0.00155. The summed E-state index contributed by atoms with van der Waals surface area (Å²) in [6.07, 6.45) is 1.81. The Hall–Kier alpha value is -1.30. The monoisotopic (exact) mass is 324 g/mol. The fraction of sp³-hybridized carbons (Fsp3) is 0.400. The molecule has 0 fully saturated rings. The molecule has 0 spiro atoms. The first-order chi connectivity index (χ1) is 10.1. The van der Waals surface area contributed by atoms with E-state index in [0.29, 0.717) is 35.8 Å². The highest BCUT2D eigenvalue weighted by molar-refractivity contribution is 7.09. The second-order valence-corrected chi connectivity index (χ2v) is 6.48. The molecule has 1 N–H and O–H groups in total. The van der Waals surface area contributed by atoms with Crippen LogP contribution in [0.2, 0.25) is 5.02 Å². The Morgan fingerprint density at radius 3 is 2.81 bits per heavy atom. The van der Waals surface area contributed by atoms with Gasteiger partial charge in [0.2, 0.25) is 0 Å². The summed E-state index contributed by atoms with van der Waals surface area (Å²) in [5, 5.41) is 7.09. The van der Waals surface area contributed by atoms with E-state index in [-0.39, 0.29) is 6.04 Å². The molecular formula is C15H17ClN2O2S. The third-order valence-electron chi connectivity index (χ3n) is 3.15. The van der Waals surface area contributed by atoms with E-state index in [1.807, 2.05) is 23.7 Å². The first-order valence-corrected chi connectivity index (χ1v) is 8.15. The van der Waals surface area contributed by atoms with Gasteiger partial charge in [0.1, 0.15) is 18.2 Å². The van der Waals surface area contributed by atoms with Gasteiger partial charge in [-0.1, -0.05) is 11.6 Å². The fourth-order valence-corrected chi connectivity index (χ4v) is 3.31. The first-order valence-electron chi connectivity index (χ1n) is 6.89. The van der Waals surface area contributed by atoms with Crippen LogP contribution in [0.3, 0.4) is 0 Å². The predicted molar refractivity (Wildman–Crippen MR) is 84.7 cm³/mol. The second kappa shape index (κ2) is 6.22. The van der Waals surface area contributed by atoms with Crippen LogP contribution in [0, 0.1) is 0 Å². The van der Waals surface area contributed by atoms with Crippen molar-refractivity contribution in [3.63, 3.8) is 0 Å². The molecule has 21 heavy (non-hydrogen) atoms. The summed E-state index contributed by atoms with van der Waals surface area (Å²) in [6.45, 7) is 5.30. The summed E-state index contributed by atoms with van der Waals surface area (Å²) >= 11 is 7.96. The van der Waals surface area contributed by atoms with Gasteiger partial charge in [-0.25, -0.2) is 4.98 Å². The number of hydrogen-bond acceptors (Lipinski definition) is 5. The summed E-state index contributed by atoms with van der Waals surface area (Å²) in [5.41, 5.74) is 1.04. The molecule has 0 radical (unpaired) electrons. The van der Waals surface area contributed by atoms with Crippen LogP contribution >= 0.6 is 22.9 Å². The molecule has 1 aromatic carbocycles. The standard InChI is InChI=1S/C15H17ClN2O2S/c1-9(2)18-13(15-17-3-6-21-15)10-7-11(16)14-12(8-10)19-4-5-20-14/h3,6-9,13,18H,4-5H2,1-2H3. The van der Waals surface area contributed by atoms with Crippen LogP contribution in [0.25, 0.3) is 0 Å². The molecule has 0 bridgehead atoms. The molecule has 1 unspecified atom stereocenters. The lowest BCUT2D eigenvalue weighted by Crippen LogP contribution is -2.29. The van der Waals surface area contributed by atoms with Crippen LogP contribution in [0.4, 0.5) is 0 Å². The number of halogens is 1.